The largest absolute Gasteiger partial charge is 0.475 e. The molecule has 1 aromatic rings. The normalized spacial score (nSPS) is 10.2. The number of alkyl halides is 2. The highest BCUT2D eigenvalue weighted by Gasteiger charge is 2.12. The van der Waals surface area contributed by atoms with Crippen LogP contribution in [0.15, 0.2) is 24.3 Å². The first kappa shape index (κ1) is 12.1. The molecule has 0 aromatic heterocycles. The molecule has 1 N–H and O–H groups in total. The fourth-order valence-electron chi connectivity index (χ4n) is 1.05. The number of benzene rings is 1. The highest BCUT2D eigenvalue weighted by atomic mass is 19.3. The zero-order valence-corrected chi connectivity index (χ0v) is 8.02. The van der Waals surface area contributed by atoms with Crippen LogP contribution < -0.4 is 4.74 Å². The van der Waals surface area contributed by atoms with Gasteiger partial charge >= 0.3 is 12.6 Å². The molecule has 0 amide bonds. The lowest BCUT2D eigenvalue weighted by molar-refractivity contribution is -0.148. The molecule has 6 heteroatoms. The van der Waals surface area contributed by atoms with Crippen molar-refractivity contribution in [3.8, 4) is 5.75 Å². The van der Waals surface area contributed by atoms with Gasteiger partial charge in [0.05, 0.1) is 0 Å². The van der Waals surface area contributed by atoms with E-state index in [-0.39, 0.29) is 12.2 Å². The van der Waals surface area contributed by atoms with E-state index in [9.17, 15) is 18.4 Å². The maximum absolute atomic E-state index is 11.8. The summed E-state index contributed by atoms with van der Waals surface area (Å²) >= 11 is 0. The second kappa shape index (κ2) is 5.20. The molecular weight excluding hydrogens is 222 g/mol. The zero-order chi connectivity index (χ0) is 12.1. The van der Waals surface area contributed by atoms with Gasteiger partial charge in [-0.1, -0.05) is 12.1 Å². The smallest absolute Gasteiger partial charge is 0.387 e. The Balaban J connectivity index is 2.64. The Morgan fingerprint density at radius 1 is 1.25 bits per heavy atom. The van der Waals surface area contributed by atoms with E-state index in [4.69, 9.17) is 5.11 Å². The predicted molar refractivity (Wildman–Crippen MR) is 49.4 cm³/mol. The van der Waals surface area contributed by atoms with Gasteiger partial charge in [-0.05, 0) is 17.7 Å². The highest BCUT2D eigenvalue weighted by Crippen LogP contribution is 2.15. The van der Waals surface area contributed by atoms with Crippen LogP contribution >= 0.6 is 0 Å². The average Bonchev–Trinajstić information content (AvgIpc) is 2.20. The molecule has 0 aliphatic rings. The molecule has 1 rings (SSSR count). The number of rotatable bonds is 5. The molecule has 86 valence electrons. The summed E-state index contributed by atoms with van der Waals surface area (Å²) in [5.74, 6) is -2.52. The lowest BCUT2D eigenvalue weighted by atomic mass is 10.1. The third-order valence-corrected chi connectivity index (χ3v) is 1.75. The van der Waals surface area contributed by atoms with Crippen molar-refractivity contribution in [1.29, 1.82) is 0 Å². The van der Waals surface area contributed by atoms with Gasteiger partial charge in [-0.2, -0.15) is 8.78 Å². The predicted octanol–water partition coefficient (Wildman–Crippen LogP) is 1.48. The molecule has 0 aliphatic heterocycles. The number of carbonyl (C=O) groups is 2. The number of carboxylic acids is 1. The van der Waals surface area contributed by atoms with Crippen molar-refractivity contribution >= 4 is 11.8 Å². The van der Waals surface area contributed by atoms with Crippen molar-refractivity contribution in [3.63, 3.8) is 0 Å². The molecule has 0 radical (unpaired) electrons. The summed E-state index contributed by atoms with van der Waals surface area (Å²) in [6, 6.07) is 5.21. The van der Waals surface area contributed by atoms with Crippen LogP contribution in [0, 0.1) is 0 Å². The molecule has 4 nitrogen and oxygen atoms in total. The van der Waals surface area contributed by atoms with E-state index in [0.29, 0.717) is 5.56 Å². The first-order chi connectivity index (χ1) is 7.49. The monoisotopic (exact) mass is 230 g/mol. The summed E-state index contributed by atoms with van der Waals surface area (Å²) in [5.41, 5.74) is 0.425. The van der Waals surface area contributed by atoms with E-state index in [1.54, 1.807) is 0 Å². The van der Waals surface area contributed by atoms with Crippen molar-refractivity contribution in [2.24, 2.45) is 0 Å². The molecule has 0 saturated carbocycles. The molecule has 0 spiro atoms. The number of hydrogen-bond acceptors (Lipinski definition) is 3. The van der Waals surface area contributed by atoms with Gasteiger partial charge in [-0.25, -0.2) is 4.79 Å². The molecule has 0 saturated heterocycles. The number of halogens is 2. The number of carboxylic acid groups (broad SMARTS) is 1. The van der Waals surface area contributed by atoms with E-state index in [0.717, 1.165) is 0 Å². The Labute approximate surface area is 89.5 Å². The van der Waals surface area contributed by atoms with Crippen LogP contribution in [0.1, 0.15) is 5.56 Å². The SMILES string of the molecule is O=C(O)C(=O)Cc1ccc(OC(F)F)cc1. The van der Waals surface area contributed by atoms with Crippen LogP contribution in [0.5, 0.6) is 5.75 Å². The molecule has 16 heavy (non-hydrogen) atoms. The van der Waals surface area contributed by atoms with Crippen molar-refractivity contribution < 1.29 is 28.2 Å². The number of hydrogen-bond donors (Lipinski definition) is 1. The van der Waals surface area contributed by atoms with Gasteiger partial charge < -0.3 is 9.84 Å². The van der Waals surface area contributed by atoms with Crippen LogP contribution in [0.3, 0.4) is 0 Å². The van der Waals surface area contributed by atoms with Crippen LogP contribution in [0.25, 0.3) is 0 Å². The summed E-state index contributed by atoms with van der Waals surface area (Å²) in [6.07, 6.45) is -0.274. The van der Waals surface area contributed by atoms with Crippen molar-refractivity contribution in [3.05, 3.63) is 29.8 Å². The van der Waals surface area contributed by atoms with Gasteiger partial charge in [0.15, 0.2) is 0 Å². The number of Topliss-reactive ketones (excluding diaryl/α,β-unsaturated/α-hetero) is 1. The van der Waals surface area contributed by atoms with Gasteiger partial charge in [0.2, 0.25) is 5.78 Å². The standard InChI is InChI=1S/C10H8F2O4/c11-10(12)16-7-3-1-6(2-4-7)5-8(13)9(14)15/h1-4,10H,5H2,(H,14,15). The molecule has 0 unspecified atom stereocenters. The van der Waals surface area contributed by atoms with Gasteiger partial charge in [0.25, 0.3) is 0 Å². The topological polar surface area (TPSA) is 63.6 Å². The second-order valence-corrected chi connectivity index (χ2v) is 2.93. The Morgan fingerprint density at radius 3 is 2.25 bits per heavy atom. The summed E-state index contributed by atoms with van der Waals surface area (Å²) in [4.78, 5) is 21.1. The molecule has 0 heterocycles. The quantitative estimate of drug-likeness (QED) is 0.778. The Hall–Kier alpha value is -1.98. The minimum Gasteiger partial charge on any atom is -0.475 e. The van der Waals surface area contributed by atoms with Gasteiger partial charge in [-0.15, -0.1) is 0 Å². The minimum atomic E-state index is -2.91. The molecule has 0 fully saturated rings. The lowest BCUT2D eigenvalue weighted by Crippen LogP contribution is -2.14. The average molecular weight is 230 g/mol. The molecule has 1 aromatic carbocycles. The lowest BCUT2D eigenvalue weighted by Gasteiger charge is -2.04. The Kier molecular flexibility index (Phi) is 3.93. The third-order valence-electron chi connectivity index (χ3n) is 1.75. The van der Waals surface area contributed by atoms with Gasteiger partial charge in [0, 0.05) is 6.42 Å². The van der Waals surface area contributed by atoms with Crippen molar-refractivity contribution in [2.45, 2.75) is 13.0 Å². The van der Waals surface area contributed by atoms with Crippen molar-refractivity contribution in [1.82, 2.24) is 0 Å². The summed E-state index contributed by atoms with van der Waals surface area (Å²) in [6.45, 7) is -2.91. The number of ether oxygens (including phenoxy) is 1. The van der Waals surface area contributed by atoms with Gasteiger partial charge in [-0.3, -0.25) is 4.79 Å². The molecule has 0 atom stereocenters. The fraction of sp³-hybridized carbons (Fsp3) is 0.200. The summed E-state index contributed by atoms with van der Waals surface area (Å²) in [7, 11) is 0. The molecular formula is C10H8F2O4. The van der Waals surface area contributed by atoms with E-state index in [2.05, 4.69) is 4.74 Å². The van der Waals surface area contributed by atoms with Crippen LogP contribution in [0.2, 0.25) is 0 Å². The maximum Gasteiger partial charge on any atom is 0.387 e. The third kappa shape index (κ3) is 3.64. The Bertz CT molecular complexity index is 386. The fourth-order valence-corrected chi connectivity index (χ4v) is 1.05. The van der Waals surface area contributed by atoms with Crippen LogP contribution in [-0.4, -0.2) is 23.5 Å². The number of aliphatic carboxylic acids is 1. The summed E-state index contributed by atoms with van der Waals surface area (Å²) < 4.78 is 27.7. The van der Waals surface area contributed by atoms with Gasteiger partial charge in [0.1, 0.15) is 5.75 Å². The maximum atomic E-state index is 11.8. The van der Waals surface area contributed by atoms with E-state index in [1.807, 2.05) is 0 Å². The first-order valence-corrected chi connectivity index (χ1v) is 4.29. The number of carbonyl (C=O) groups excluding carboxylic acids is 1. The summed E-state index contributed by atoms with van der Waals surface area (Å²) in [5, 5.41) is 8.34. The molecule has 0 bridgehead atoms. The minimum absolute atomic E-state index is 0.0403. The van der Waals surface area contributed by atoms with Crippen LogP contribution in [-0.2, 0) is 16.0 Å². The number of ketones is 1. The van der Waals surface area contributed by atoms with Crippen molar-refractivity contribution in [2.75, 3.05) is 0 Å². The Morgan fingerprint density at radius 2 is 1.81 bits per heavy atom. The second-order valence-electron chi connectivity index (χ2n) is 2.93. The van der Waals surface area contributed by atoms with E-state index in [1.165, 1.54) is 24.3 Å². The first-order valence-electron chi connectivity index (χ1n) is 4.29. The molecule has 0 aliphatic carbocycles. The van der Waals surface area contributed by atoms with E-state index >= 15 is 0 Å². The highest BCUT2D eigenvalue weighted by molar-refractivity contribution is 6.33. The van der Waals surface area contributed by atoms with Crippen LogP contribution in [0.4, 0.5) is 8.78 Å². The van der Waals surface area contributed by atoms with E-state index < -0.39 is 18.4 Å². The zero-order valence-electron chi connectivity index (χ0n) is 8.02.